The lowest BCUT2D eigenvalue weighted by molar-refractivity contribution is -0.115. The Balaban J connectivity index is 2.27. The molecule has 0 unspecified atom stereocenters. The SMILES string of the molecule is Cc1ccccc1N=C1NC(=O)/C(=C/C=O)S1. The highest BCUT2D eigenvalue weighted by Crippen LogP contribution is 2.26. The molecule has 2 rings (SSSR count). The highest BCUT2D eigenvalue weighted by molar-refractivity contribution is 8.18. The van der Waals surface area contributed by atoms with E-state index in [-0.39, 0.29) is 5.91 Å². The van der Waals surface area contributed by atoms with E-state index < -0.39 is 0 Å². The Morgan fingerprint density at radius 1 is 1.35 bits per heavy atom. The molecule has 1 aromatic carbocycles. The van der Waals surface area contributed by atoms with Crippen molar-refractivity contribution in [1.82, 2.24) is 5.32 Å². The fourth-order valence-electron chi connectivity index (χ4n) is 1.36. The number of hydrogen-bond donors (Lipinski definition) is 1. The molecule has 0 spiro atoms. The number of aryl methyl sites for hydroxylation is 1. The van der Waals surface area contributed by atoms with E-state index in [1.165, 1.54) is 17.8 Å². The Bertz CT molecular complexity index is 535. The zero-order valence-corrected chi connectivity index (χ0v) is 9.95. The van der Waals surface area contributed by atoms with Crippen LogP contribution in [0, 0.1) is 6.92 Å². The van der Waals surface area contributed by atoms with Crippen LogP contribution in [0.2, 0.25) is 0 Å². The number of para-hydroxylation sites is 1. The minimum atomic E-state index is -0.283. The largest absolute Gasteiger partial charge is 0.300 e. The van der Waals surface area contributed by atoms with Gasteiger partial charge in [-0.3, -0.25) is 9.59 Å². The third-order valence-electron chi connectivity index (χ3n) is 2.21. The second-order valence-electron chi connectivity index (χ2n) is 3.43. The van der Waals surface area contributed by atoms with Gasteiger partial charge in [-0.15, -0.1) is 0 Å². The topological polar surface area (TPSA) is 58.5 Å². The van der Waals surface area contributed by atoms with Crippen molar-refractivity contribution in [2.75, 3.05) is 0 Å². The van der Waals surface area contributed by atoms with Crippen LogP contribution in [0.3, 0.4) is 0 Å². The van der Waals surface area contributed by atoms with Gasteiger partial charge < -0.3 is 5.32 Å². The van der Waals surface area contributed by atoms with E-state index in [1.807, 2.05) is 31.2 Å². The number of aliphatic imine (C=N–C) groups is 1. The molecule has 1 N–H and O–H groups in total. The summed E-state index contributed by atoms with van der Waals surface area (Å²) in [5.74, 6) is -0.283. The molecule has 1 aromatic rings. The summed E-state index contributed by atoms with van der Waals surface area (Å²) in [6.07, 6.45) is 1.83. The molecule has 5 heteroatoms. The average Bonchev–Trinajstić information content (AvgIpc) is 2.63. The molecular formula is C12H10N2O2S. The van der Waals surface area contributed by atoms with Crippen LogP contribution >= 0.6 is 11.8 Å². The van der Waals surface area contributed by atoms with Crippen molar-refractivity contribution in [3.63, 3.8) is 0 Å². The number of aldehydes is 1. The first kappa shape index (κ1) is 11.6. The quantitative estimate of drug-likeness (QED) is 0.640. The summed E-state index contributed by atoms with van der Waals surface area (Å²) in [6.45, 7) is 1.95. The van der Waals surface area contributed by atoms with Gasteiger partial charge >= 0.3 is 0 Å². The number of benzene rings is 1. The summed E-state index contributed by atoms with van der Waals surface area (Å²) in [7, 11) is 0. The molecule has 86 valence electrons. The lowest BCUT2D eigenvalue weighted by atomic mass is 10.2. The molecule has 1 saturated heterocycles. The number of nitrogens with zero attached hydrogens (tertiary/aromatic N) is 1. The Morgan fingerprint density at radius 2 is 2.12 bits per heavy atom. The van der Waals surface area contributed by atoms with Crippen LogP contribution < -0.4 is 5.32 Å². The van der Waals surface area contributed by atoms with Crippen LogP contribution in [0.5, 0.6) is 0 Å². The molecule has 1 fully saturated rings. The monoisotopic (exact) mass is 246 g/mol. The van der Waals surface area contributed by atoms with E-state index in [2.05, 4.69) is 10.3 Å². The van der Waals surface area contributed by atoms with Gasteiger partial charge in [-0.05, 0) is 36.4 Å². The molecule has 1 aliphatic heterocycles. The maximum absolute atomic E-state index is 11.4. The van der Waals surface area contributed by atoms with Crippen molar-refractivity contribution < 1.29 is 9.59 Å². The van der Waals surface area contributed by atoms with Gasteiger partial charge in [0.1, 0.15) is 6.29 Å². The normalized spacial score (nSPS) is 19.7. The van der Waals surface area contributed by atoms with Gasteiger partial charge in [0.05, 0.1) is 10.6 Å². The molecule has 17 heavy (non-hydrogen) atoms. The Labute approximate surface area is 103 Å². The van der Waals surface area contributed by atoms with Crippen molar-refractivity contribution in [1.29, 1.82) is 0 Å². The third kappa shape index (κ3) is 2.62. The van der Waals surface area contributed by atoms with E-state index in [4.69, 9.17) is 0 Å². The fraction of sp³-hybridized carbons (Fsp3) is 0.0833. The number of allylic oxidation sites excluding steroid dienone is 1. The van der Waals surface area contributed by atoms with Crippen molar-refractivity contribution in [3.8, 4) is 0 Å². The van der Waals surface area contributed by atoms with Crippen molar-refractivity contribution in [3.05, 3.63) is 40.8 Å². The molecule has 1 amide bonds. The van der Waals surface area contributed by atoms with Gasteiger partial charge in [-0.2, -0.15) is 0 Å². The summed E-state index contributed by atoms with van der Waals surface area (Å²) in [4.78, 5) is 26.4. The van der Waals surface area contributed by atoms with Crippen molar-refractivity contribution in [2.24, 2.45) is 4.99 Å². The zero-order chi connectivity index (χ0) is 12.3. The Hall–Kier alpha value is -1.88. The molecule has 0 aliphatic carbocycles. The summed E-state index contributed by atoms with van der Waals surface area (Å²) in [5, 5.41) is 3.11. The molecule has 0 atom stereocenters. The molecular weight excluding hydrogens is 236 g/mol. The lowest BCUT2D eigenvalue weighted by Gasteiger charge is -1.99. The highest BCUT2D eigenvalue weighted by Gasteiger charge is 2.23. The van der Waals surface area contributed by atoms with Gasteiger partial charge in [-0.25, -0.2) is 4.99 Å². The first-order valence-electron chi connectivity index (χ1n) is 4.99. The number of carbonyl (C=O) groups is 2. The van der Waals surface area contributed by atoms with Crippen LogP contribution in [0.4, 0.5) is 5.69 Å². The van der Waals surface area contributed by atoms with Crippen molar-refractivity contribution >= 4 is 34.8 Å². The van der Waals surface area contributed by atoms with Gasteiger partial charge in [0, 0.05) is 0 Å². The van der Waals surface area contributed by atoms with Gasteiger partial charge in [0.2, 0.25) is 0 Å². The molecule has 1 heterocycles. The van der Waals surface area contributed by atoms with E-state index in [0.29, 0.717) is 16.4 Å². The minimum absolute atomic E-state index is 0.283. The maximum Gasteiger partial charge on any atom is 0.264 e. The Kier molecular flexibility index (Phi) is 3.39. The number of carbonyl (C=O) groups excluding carboxylic acids is 2. The fourth-order valence-corrected chi connectivity index (χ4v) is 2.12. The predicted molar refractivity (Wildman–Crippen MR) is 68.2 cm³/mol. The molecule has 0 bridgehead atoms. The van der Waals surface area contributed by atoms with Crippen LogP contribution in [-0.2, 0) is 9.59 Å². The van der Waals surface area contributed by atoms with Gasteiger partial charge in [0.15, 0.2) is 5.17 Å². The minimum Gasteiger partial charge on any atom is -0.300 e. The first-order valence-corrected chi connectivity index (χ1v) is 5.81. The second-order valence-corrected chi connectivity index (χ2v) is 4.46. The number of hydrogen-bond acceptors (Lipinski definition) is 4. The van der Waals surface area contributed by atoms with Crippen LogP contribution in [-0.4, -0.2) is 17.4 Å². The molecule has 0 saturated carbocycles. The standard InChI is InChI=1S/C12H10N2O2S/c1-8-4-2-3-5-9(8)13-12-14-11(16)10(17-12)6-7-15/h2-7H,1H3,(H,13,14,16)/b10-6-. The third-order valence-corrected chi connectivity index (χ3v) is 3.14. The van der Waals surface area contributed by atoms with Crippen LogP contribution in [0.25, 0.3) is 0 Å². The Morgan fingerprint density at radius 3 is 2.82 bits per heavy atom. The summed E-state index contributed by atoms with van der Waals surface area (Å²) in [6, 6.07) is 7.63. The summed E-state index contributed by atoms with van der Waals surface area (Å²) >= 11 is 1.17. The summed E-state index contributed by atoms with van der Waals surface area (Å²) in [5.41, 5.74) is 1.84. The predicted octanol–water partition coefficient (Wildman–Crippen LogP) is 1.93. The number of thioether (sulfide) groups is 1. The molecule has 4 nitrogen and oxygen atoms in total. The molecule has 0 radical (unpaired) electrons. The van der Waals surface area contributed by atoms with E-state index >= 15 is 0 Å². The number of rotatable bonds is 2. The van der Waals surface area contributed by atoms with E-state index in [0.717, 1.165) is 11.3 Å². The van der Waals surface area contributed by atoms with Gasteiger partial charge in [-0.1, -0.05) is 18.2 Å². The van der Waals surface area contributed by atoms with Gasteiger partial charge in [0.25, 0.3) is 5.91 Å². The number of nitrogens with one attached hydrogen (secondary N) is 1. The highest BCUT2D eigenvalue weighted by atomic mass is 32.2. The number of amides is 1. The zero-order valence-electron chi connectivity index (χ0n) is 9.14. The molecule has 1 aliphatic rings. The first-order chi connectivity index (χ1) is 8.20. The van der Waals surface area contributed by atoms with E-state index in [9.17, 15) is 9.59 Å². The lowest BCUT2D eigenvalue weighted by Crippen LogP contribution is -2.19. The van der Waals surface area contributed by atoms with Crippen LogP contribution in [0.15, 0.2) is 40.2 Å². The average molecular weight is 246 g/mol. The smallest absolute Gasteiger partial charge is 0.264 e. The summed E-state index contributed by atoms with van der Waals surface area (Å²) < 4.78 is 0. The van der Waals surface area contributed by atoms with Crippen LogP contribution in [0.1, 0.15) is 5.56 Å². The van der Waals surface area contributed by atoms with Crippen molar-refractivity contribution in [2.45, 2.75) is 6.92 Å². The second kappa shape index (κ2) is 4.97. The van der Waals surface area contributed by atoms with E-state index in [1.54, 1.807) is 0 Å². The maximum atomic E-state index is 11.4. The number of amidine groups is 1. The molecule has 0 aromatic heterocycles.